The van der Waals surface area contributed by atoms with Crippen LogP contribution < -0.4 is 20.7 Å². The van der Waals surface area contributed by atoms with E-state index >= 15 is 0 Å². The van der Waals surface area contributed by atoms with Gasteiger partial charge in [-0.25, -0.2) is 0 Å². The summed E-state index contributed by atoms with van der Waals surface area (Å²) < 4.78 is 5.54. The van der Waals surface area contributed by atoms with Gasteiger partial charge in [0.15, 0.2) is 0 Å². The van der Waals surface area contributed by atoms with Crippen LogP contribution in [0.4, 0.5) is 5.69 Å². The summed E-state index contributed by atoms with van der Waals surface area (Å²) in [6, 6.07) is 27.6. The summed E-state index contributed by atoms with van der Waals surface area (Å²) in [5.41, 5.74) is 5.06. The lowest BCUT2D eigenvalue weighted by Gasteiger charge is -2.13. The normalized spacial score (nSPS) is 9.97. The lowest BCUT2D eigenvalue weighted by Crippen LogP contribution is -2.19. The lowest BCUT2D eigenvalue weighted by atomic mass is 10.1. The number of anilines is 1. The van der Waals surface area contributed by atoms with E-state index in [1.165, 1.54) is 42.4 Å². The molecule has 0 saturated carbocycles. The minimum atomic E-state index is 0. The third-order valence-corrected chi connectivity index (χ3v) is 6.07. The maximum atomic E-state index is 5.54. The predicted octanol–water partition coefficient (Wildman–Crippen LogP) is 7.10. The number of nitrogens with one attached hydrogen (secondary N) is 3. The smallest absolute Gasteiger partial charge is 0.141 e. The second-order valence-electron chi connectivity index (χ2n) is 8.77. The largest absolute Gasteiger partial charge is 0.495 e. The highest BCUT2D eigenvalue weighted by Gasteiger charge is 2.05. The Kier molecular flexibility index (Phi) is 20.9. The minimum absolute atomic E-state index is 0. The Bertz CT molecular complexity index is 930. The Morgan fingerprint density at radius 3 is 1.68 bits per heavy atom. The van der Waals surface area contributed by atoms with Gasteiger partial charge in [-0.05, 0) is 80.7 Å². The van der Waals surface area contributed by atoms with Gasteiger partial charge < -0.3 is 20.7 Å². The van der Waals surface area contributed by atoms with E-state index in [0.29, 0.717) is 0 Å². The molecule has 0 spiro atoms. The molecule has 0 aliphatic carbocycles. The van der Waals surface area contributed by atoms with E-state index < -0.39 is 0 Å². The lowest BCUT2D eigenvalue weighted by molar-refractivity contribution is 0.416. The molecule has 0 aliphatic rings. The van der Waals surface area contributed by atoms with Gasteiger partial charge in [0.25, 0.3) is 0 Å². The van der Waals surface area contributed by atoms with Crippen molar-refractivity contribution in [2.24, 2.45) is 0 Å². The molecule has 0 fully saturated rings. The summed E-state index contributed by atoms with van der Waals surface area (Å²) >= 11 is 0. The summed E-state index contributed by atoms with van der Waals surface area (Å²) in [5.74, 6) is 0.891. The molecule has 0 unspecified atom stereocenters. The molecule has 0 bridgehead atoms. The van der Waals surface area contributed by atoms with Gasteiger partial charge in [-0.1, -0.05) is 79.6 Å². The zero-order valence-corrected chi connectivity index (χ0v) is 24.4. The van der Waals surface area contributed by atoms with E-state index in [9.17, 15) is 0 Å². The zero-order chi connectivity index (χ0) is 23.7. The van der Waals surface area contributed by atoms with E-state index in [4.69, 9.17) is 4.74 Å². The fraction of sp³-hybridized carbons (Fsp3) is 0.400. The van der Waals surface area contributed by atoms with Crippen LogP contribution >= 0.6 is 37.2 Å². The van der Waals surface area contributed by atoms with Crippen molar-refractivity contribution in [3.05, 3.63) is 95.6 Å². The summed E-state index contributed by atoms with van der Waals surface area (Å²) in [6.45, 7) is 5.09. The molecular weight excluding hydrogens is 525 g/mol. The van der Waals surface area contributed by atoms with Crippen LogP contribution in [0.5, 0.6) is 5.75 Å². The van der Waals surface area contributed by atoms with Crippen LogP contribution in [-0.4, -0.2) is 33.3 Å². The van der Waals surface area contributed by atoms with Gasteiger partial charge in [0.2, 0.25) is 0 Å². The SMILES string of the molecule is COc1ccc(CCNCCCCCCNCCc2ccccc2)cc1NCc1ccccc1.Cl.Cl.Cl. The van der Waals surface area contributed by atoms with Crippen LogP contribution in [0.15, 0.2) is 78.9 Å². The zero-order valence-electron chi connectivity index (χ0n) is 21.9. The summed E-state index contributed by atoms with van der Waals surface area (Å²) in [7, 11) is 1.73. The first-order valence-corrected chi connectivity index (χ1v) is 12.8. The van der Waals surface area contributed by atoms with Crippen LogP contribution in [0.3, 0.4) is 0 Å². The average molecular weight is 569 g/mol. The third-order valence-electron chi connectivity index (χ3n) is 6.07. The number of benzene rings is 3. The van der Waals surface area contributed by atoms with Gasteiger partial charge in [0.1, 0.15) is 5.75 Å². The third kappa shape index (κ3) is 14.5. The number of hydrogen-bond acceptors (Lipinski definition) is 4. The summed E-state index contributed by atoms with van der Waals surface area (Å²) in [6.07, 6.45) is 7.24. The molecule has 0 atom stereocenters. The average Bonchev–Trinajstić information content (AvgIpc) is 2.89. The Labute approximate surface area is 242 Å². The molecular formula is C30H44Cl3N3O. The maximum Gasteiger partial charge on any atom is 0.141 e. The molecule has 3 rings (SSSR count). The van der Waals surface area contributed by atoms with Gasteiger partial charge in [-0.3, -0.25) is 0 Å². The molecule has 0 radical (unpaired) electrons. The predicted molar refractivity (Wildman–Crippen MR) is 167 cm³/mol. The number of halogens is 3. The van der Waals surface area contributed by atoms with Crippen molar-refractivity contribution in [2.75, 3.05) is 38.6 Å². The fourth-order valence-corrected chi connectivity index (χ4v) is 4.06. The van der Waals surface area contributed by atoms with E-state index in [0.717, 1.165) is 57.0 Å². The second kappa shape index (κ2) is 22.1. The van der Waals surface area contributed by atoms with Gasteiger partial charge in [-0.15, -0.1) is 37.2 Å². The molecule has 4 nitrogen and oxygen atoms in total. The van der Waals surface area contributed by atoms with Crippen molar-refractivity contribution in [3.8, 4) is 5.75 Å². The van der Waals surface area contributed by atoms with Gasteiger partial charge in [-0.2, -0.15) is 0 Å². The first kappa shape index (κ1) is 35.1. The first-order valence-electron chi connectivity index (χ1n) is 12.8. The van der Waals surface area contributed by atoms with Crippen LogP contribution in [0, 0.1) is 0 Å². The first-order chi connectivity index (χ1) is 16.8. The van der Waals surface area contributed by atoms with E-state index in [1.54, 1.807) is 7.11 Å². The molecule has 37 heavy (non-hydrogen) atoms. The Hall–Kier alpha value is -1.95. The molecule has 7 heteroatoms. The van der Waals surface area contributed by atoms with Crippen molar-refractivity contribution in [1.29, 1.82) is 0 Å². The molecule has 0 heterocycles. The molecule has 0 aromatic heterocycles. The number of rotatable bonds is 17. The standard InChI is InChI=1S/C30H41N3O.3ClH/c1-34-30-17-16-27(24-29(30)33-25-28-14-8-5-9-15-28)19-23-32-21-11-3-2-10-20-31-22-18-26-12-6-4-7-13-26;;;/h4-9,12-17,24,31-33H,2-3,10-11,18-23,25H2,1H3;3*1H. The van der Waals surface area contributed by atoms with E-state index in [-0.39, 0.29) is 37.2 Å². The van der Waals surface area contributed by atoms with Crippen molar-refractivity contribution in [2.45, 2.75) is 45.1 Å². The topological polar surface area (TPSA) is 45.3 Å². The number of methoxy groups -OCH3 is 1. The van der Waals surface area contributed by atoms with Crippen LogP contribution in [-0.2, 0) is 19.4 Å². The highest BCUT2D eigenvalue weighted by molar-refractivity contribution is 5.86. The minimum Gasteiger partial charge on any atom is -0.495 e. The Balaban J connectivity index is 0.00000432. The number of unbranched alkanes of at least 4 members (excludes halogenated alkanes) is 3. The summed E-state index contributed by atoms with van der Waals surface area (Å²) in [5, 5.41) is 10.7. The molecule has 3 N–H and O–H groups in total. The van der Waals surface area contributed by atoms with Crippen molar-refractivity contribution in [1.82, 2.24) is 10.6 Å². The molecule has 3 aromatic carbocycles. The highest BCUT2D eigenvalue weighted by atomic mass is 35.5. The van der Waals surface area contributed by atoms with Gasteiger partial charge in [0.05, 0.1) is 12.8 Å². The quantitative estimate of drug-likeness (QED) is 0.152. The summed E-state index contributed by atoms with van der Waals surface area (Å²) in [4.78, 5) is 0. The molecule has 3 aromatic rings. The number of hydrogen-bond donors (Lipinski definition) is 3. The number of ether oxygens (including phenoxy) is 1. The van der Waals surface area contributed by atoms with Crippen LogP contribution in [0.25, 0.3) is 0 Å². The second-order valence-corrected chi connectivity index (χ2v) is 8.77. The monoisotopic (exact) mass is 567 g/mol. The van der Waals surface area contributed by atoms with Gasteiger partial charge >= 0.3 is 0 Å². The molecule has 206 valence electrons. The Morgan fingerprint density at radius 1 is 0.568 bits per heavy atom. The molecule has 0 amide bonds. The van der Waals surface area contributed by atoms with Crippen molar-refractivity contribution in [3.63, 3.8) is 0 Å². The molecule has 0 saturated heterocycles. The Morgan fingerprint density at radius 2 is 1.11 bits per heavy atom. The van der Waals surface area contributed by atoms with Crippen LogP contribution in [0.2, 0.25) is 0 Å². The molecule has 0 aliphatic heterocycles. The van der Waals surface area contributed by atoms with Crippen molar-refractivity contribution >= 4 is 42.9 Å². The maximum absolute atomic E-state index is 5.54. The van der Waals surface area contributed by atoms with Gasteiger partial charge in [0, 0.05) is 6.54 Å². The van der Waals surface area contributed by atoms with E-state index in [2.05, 4.69) is 88.7 Å². The van der Waals surface area contributed by atoms with E-state index in [1.807, 2.05) is 6.07 Å². The fourth-order valence-electron chi connectivity index (χ4n) is 4.06. The van der Waals surface area contributed by atoms with Crippen LogP contribution in [0.1, 0.15) is 42.4 Å². The van der Waals surface area contributed by atoms with Crippen molar-refractivity contribution < 1.29 is 4.74 Å². The highest BCUT2D eigenvalue weighted by Crippen LogP contribution is 2.26.